The second kappa shape index (κ2) is 8.59. The Morgan fingerprint density at radius 1 is 1.38 bits per heavy atom. The summed E-state index contributed by atoms with van der Waals surface area (Å²) in [5.41, 5.74) is 6.43. The molecule has 2 unspecified atom stereocenters. The Balaban J connectivity index is 2.54. The monoisotopic (exact) mass is 298 g/mol. The highest BCUT2D eigenvalue weighted by molar-refractivity contribution is 5.77. The maximum atomic E-state index is 13.5. The van der Waals surface area contributed by atoms with E-state index in [9.17, 15) is 9.18 Å². The Labute approximate surface area is 124 Å². The lowest BCUT2D eigenvalue weighted by Gasteiger charge is -2.14. The van der Waals surface area contributed by atoms with Crippen LogP contribution in [-0.2, 0) is 16.0 Å². The Kier molecular flexibility index (Phi) is 7.11. The zero-order valence-electron chi connectivity index (χ0n) is 12.7. The first kappa shape index (κ1) is 17.4. The predicted octanol–water partition coefficient (Wildman–Crippen LogP) is 1.25. The maximum absolute atomic E-state index is 13.5. The molecule has 0 spiro atoms. The summed E-state index contributed by atoms with van der Waals surface area (Å²) in [6.07, 6.45) is 0.547. The quantitative estimate of drug-likeness (QED) is 0.757. The zero-order chi connectivity index (χ0) is 15.8. The van der Waals surface area contributed by atoms with Gasteiger partial charge in [-0.25, -0.2) is 4.39 Å². The van der Waals surface area contributed by atoms with Crippen LogP contribution < -0.4 is 15.8 Å². The molecule has 2 atom stereocenters. The number of rotatable bonds is 8. The molecule has 21 heavy (non-hydrogen) atoms. The molecule has 1 amide bonds. The molecule has 6 heteroatoms. The molecule has 1 rings (SSSR count). The first-order chi connectivity index (χ1) is 9.90. The van der Waals surface area contributed by atoms with E-state index in [-0.39, 0.29) is 24.6 Å². The molecule has 0 aliphatic rings. The average Bonchev–Trinajstić information content (AvgIpc) is 2.35. The van der Waals surface area contributed by atoms with Crippen LogP contribution in [0, 0.1) is 5.82 Å². The highest BCUT2D eigenvalue weighted by Crippen LogP contribution is 2.17. The molecule has 0 heterocycles. The van der Waals surface area contributed by atoms with E-state index in [1.807, 2.05) is 13.8 Å². The van der Waals surface area contributed by atoms with Gasteiger partial charge in [-0.15, -0.1) is 0 Å². The molecule has 3 N–H and O–H groups in total. The van der Waals surface area contributed by atoms with Crippen molar-refractivity contribution >= 4 is 5.91 Å². The van der Waals surface area contributed by atoms with Crippen LogP contribution in [0.3, 0.4) is 0 Å². The Hall–Kier alpha value is -1.66. The van der Waals surface area contributed by atoms with E-state index in [4.69, 9.17) is 15.2 Å². The van der Waals surface area contributed by atoms with Gasteiger partial charge < -0.3 is 20.5 Å². The SMILES string of the molecule is COCC(C)NC(=O)COc1cc(F)cc(CC(C)N)c1. The van der Waals surface area contributed by atoms with Crippen molar-refractivity contribution in [2.45, 2.75) is 32.4 Å². The van der Waals surface area contributed by atoms with Crippen molar-refractivity contribution in [1.82, 2.24) is 5.32 Å². The summed E-state index contributed by atoms with van der Waals surface area (Å²) >= 11 is 0. The first-order valence-electron chi connectivity index (χ1n) is 6.87. The largest absolute Gasteiger partial charge is 0.484 e. The van der Waals surface area contributed by atoms with Crippen LogP contribution >= 0.6 is 0 Å². The maximum Gasteiger partial charge on any atom is 0.258 e. The number of hydrogen-bond donors (Lipinski definition) is 2. The normalized spacial score (nSPS) is 13.6. The zero-order valence-corrected chi connectivity index (χ0v) is 12.7. The number of carbonyl (C=O) groups excluding carboxylic acids is 1. The van der Waals surface area contributed by atoms with E-state index in [1.165, 1.54) is 12.1 Å². The number of benzene rings is 1. The van der Waals surface area contributed by atoms with Gasteiger partial charge in [0.2, 0.25) is 0 Å². The standard InChI is InChI=1S/C15H23FN2O3/c1-10(17)4-12-5-13(16)7-14(6-12)21-9-15(19)18-11(2)8-20-3/h5-7,10-11H,4,8-9,17H2,1-3H3,(H,18,19). The number of amides is 1. The van der Waals surface area contributed by atoms with Crippen molar-refractivity contribution < 1.29 is 18.7 Å². The summed E-state index contributed by atoms with van der Waals surface area (Å²) in [5.74, 6) is -0.367. The molecular weight excluding hydrogens is 275 g/mol. The van der Waals surface area contributed by atoms with Gasteiger partial charge in [0.1, 0.15) is 11.6 Å². The second-order valence-electron chi connectivity index (χ2n) is 5.19. The van der Waals surface area contributed by atoms with Crippen molar-refractivity contribution in [2.24, 2.45) is 5.73 Å². The lowest BCUT2D eigenvalue weighted by atomic mass is 10.1. The molecule has 0 aromatic heterocycles. The third kappa shape index (κ3) is 7.06. The highest BCUT2D eigenvalue weighted by Gasteiger charge is 2.09. The topological polar surface area (TPSA) is 73.6 Å². The van der Waals surface area contributed by atoms with Gasteiger partial charge in [-0.1, -0.05) is 0 Å². The minimum atomic E-state index is -0.406. The number of carbonyl (C=O) groups is 1. The Morgan fingerprint density at radius 3 is 2.71 bits per heavy atom. The first-order valence-corrected chi connectivity index (χ1v) is 6.87. The van der Waals surface area contributed by atoms with Crippen LogP contribution in [0.25, 0.3) is 0 Å². The van der Waals surface area contributed by atoms with Gasteiger partial charge in [0.25, 0.3) is 5.91 Å². The molecule has 1 aromatic rings. The van der Waals surface area contributed by atoms with Gasteiger partial charge in [0.05, 0.1) is 6.61 Å². The lowest BCUT2D eigenvalue weighted by Crippen LogP contribution is -2.38. The summed E-state index contributed by atoms with van der Waals surface area (Å²) in [5, 5.41) is 2.71. The summed E-state index contributed by atoms with van der Waals surface area (Å²) < 4.78 is 23.7. The fourth-order valence-corrected chi connectivity index (χ4v) is 1.95. The van der Waals surface area contributed by atoms with Gasteiger partial charge in [-0.3, -0.25) is 4.79 Å². The van der Waals surface area contributed by atoms with E-state index in [0.29, 0.717) is 18.8 Å². The Morgan fingerprint density at radius 2 is 2.10 bits per heavy atom. The summed E-state index contributed by atoms with van der Waals surface area (Å²) in [6, 6.07) is 4.18. The van der Waals surface area contributed by atoms with Crippen LogP contribution in [0.2, 0.25) is 0 Å². The third-order valence-electron chi connectivity index (χ3n) is 2.68. The third-order valence-corrected chi connectivity index (χ3v) is 2.68. The number of ether oxygens (including phenoxy) is 2. The van der Waals surface area contributed by atoms with E-state index in [0.717, 1.165) is 5.56 Å². The van der Waals surface area contributed by atoms with Gasteiger partial charge in [-0.2, -0.15) is 0 Å². The van der Waals surface area contributed by atoms with E-state index < -0.39 is 5.82 Å². The van der Waals surface area contributed by atoms with Crippen LogP contribution in [-0.4, -0.2) is 38.3 Å². The van der Waals surface area contributed by atoms with Crippen molar-refractivity contribution in [2.75, 3.05) is 20.3 Å². The molecule has 0 radical (unpaired) electrons. The van der Waals surface area contributed by atoms with Crippen LogP contribution in [0.1, 0.15) is 19.4 Å². The number of hydrogen-bond acceptors (Lipinski definition) is 4. The number of halogens is 1. The minimum Gasteiger partial charge on any atom is -0.484 e. The van der Waals surface area contributed by atoms with Crippen LogP contribution in [0.15, 0.2) is 18.2 Å². The second-order valence-corrected chi connectivity index (χ2v) is 5.19. The molecule has 0 fully saturated rings. The van der Waals surface area contributed by atoms with E-state index >= 15 is 0 Å². The average molecular weight is 298 g/mol. The number of nitrogens with two attached hydrogens (primary N) is 1. The Bertz CT molecular complexity index is 466. The summed E-state index contributed by atoms with van der Waals surface area (Å²) in [4.78, 5) is 11.6. The van der Waals surface area contributed by atoms with Gasteiger partial charge >= 0.3 is 0 Å². The van der Waals surface area contributed by atoms with Crippen molar-refractivity contribution in [3.8, 4) is 5.75 Å². The number of nitrogens with one attached hydrogen (secondary N) is 1. The molecule has 0 bridgehead atoms. The van der Waals surface area contributed by atoms with Gasteiger partial charge in [0, 0.05) is 25.3 Å². The molecule has 0 saturated heterocycles. The molecule has 118 valence electrons. The predicted molar refractivity (Wildman–Crippen MR) is 78.7 cm³/mol. The van der Waals surface area contributed by atoms with E-state index in [1.54, 1.807) is 13.2 Å². The molecule has 0 saturated carbocycles. The van der Waals surface area contributed by atoms with Crippen molar-refractivity contribution in [1.29, 1.82) is 0 Å². The summed E-state index contributed by atoms with van der Waals surface area (Å²) in [7, 11) is 1.56. The van der Waals surface area contributed by atoms with Gasteiger partial charge in [-0.05, 0) is 38.0 Å². The molecule has 5 nitrogen and oxygen atoms in total. The van der Waals surface area contributed by atoms with E-state index in [2.05, 4.69) is 5.32 Å². The fraction of sp³-hybridized carbons (Fsp3) is 0.533. The minimum absolute atomic E-state index is 0.0714. The fourth-order valence-electron chi connectivity index (χ4n) is 1.95. The van der Waals surface area contributed by atoms with Crippen molar-refractivity contribution in [3.05, 3.63) is 29.6 Å². The summed E-state index contributed by atoms with van der Waals surface area (Å²) in [6.45, 7) is 3.92. The smallest absolute Gasteiger partial charge is 0.258 e. The lowest BCUT2D eigenvalue weighted by molar-refractivity contribution is -0.124. The molecule has 1 aromatic carbocycles. The van der Waals surface area contributed by atoms with Crippen LogP contribution in [0.5, 0.6) is 5.75 Å². The molecule has 0 aliphatic carbocycles. The number of methoxy groups -OCH3 is 1. The molecular formula is C15H23FN2O3. The highest BCUT2D eigenvalue weighted by atomic mass is 19.1. The van der Waals surface area contributed by atoms with Crippen LogP contribution in [0.4, 0.5) is 4.39 Å². The van der Waals surface area contributed by atoms with Gasteiger partial charge in [0.15, 0.2) is 6.61 Å². The molecule has 0 aliphatic heterocycles. The van der Waals surface area contributed by atoms with Crippen molar-refractivity contribution in [3.63, 3.8) is 0 Å².